The van der Waals surface area contributed by atoms with Crippen LogP contribution in [-0.2, 0) is 5.75 Å². The summed E-state index contributed by atoms with van der Waals surface area (Å²) in [5, 5.41) is 4.99. The molecule has 1 aromatic carbocycles. The molecule has 6 heteroatoms. The van der Waals surface area contributed by atoms with E-state index in [1.165, 1.54) is 4.88 Å². The third-order valence-corrected chi connectivity index (χ3v) is 4.71. The Morgan fingerprint density at radius 2 is 2.25 bits per heavy atom. The number of benzene rings is 1. The molecule has 0 fully saturated rings. The summed E-state index contributed by atoms with van der Waals surface area (Å²) in [7, 11) is 0. The van der Waals surface area contributed by atoms with Crippen LogP contribution in [0.15, 0.2) is 40.1 Å². The average Bonchev–Trinajstić information content (AvgIpc) is 3.09. The first-order chi connectivity index (χ1) is 9.85. The lowest BCUT2D eigenvalue weighted by Gasteiger charge is -1.96. The van der Waals surface area contributed by atoms with Crippen LogP contribution in [0.3, 0.4) is 0 Å². The number of fused-ring (bicyclic) bond motifs is 1. The van der Waals surface area contributed by atoms with Crippen LogP contribution in [0.25, 0.3) is 11.1 Å². The molecular weight excluding hydrogens is 290 g/mol. The van der Waals surface area contributed by atoms with Crippen LogP contribution in [0.2, 0.25) is 0 Å². The predicted molar refractivity (Wildman–Crippen MR) is 84.5 cm³/mol. The maximum Gasteiger partial charge on any atom is 0.257 e. The Labute approximate surface area is 125 Å². The molecule has 0 bridgehead atoms. The molecule has 0 atom stereocenters. The number of thioether (sulfide) groups is 1. The van der Waals surface area contributed by atoms with Gasteiger partial charge in [-0.05, 0) is 18.6 Å². The minimum absolute atomic E-state index is 0.711. The van der Waals surface area contributed by atoms with Crippen LogP contribution >= 0.6 is 23.1 Å². The van der Waals surface area contributed by atoms with Gasteiger partial charge in [0.05, 0.1) is 0 Å². The Morgan fingerprint density at radius 1 is 1.35 bits per heavy atom. The van der Waals surface area contributed by atoms with Crippen LogP contribution in [0.1, 0.15) is 18.2 Å². The topological polar surface area (TPSA) is 51.0 Å². The zero-order valence-electron chi connectivity index (χ0n) is 11.1. The summed E-state index contributed by atoms with van der Waals surface area (Å²) in [5.41, 5.74) is 1.74. The third kappa shape index (κ3) is 3.13. The van der Waals surface area contributed by atoms with Crippen LogP contribution < -0.4 is 5.32 Å². The van der Waals surface area contributed by atoms with Crippen LogP contribution in [-0.4, -0.2) is 16.5 Å². The molecule has 0 spiro atoms. The number of hydrogen-bond donors (Lipinski definition) is 1. The van der Waals surface area contributed by atoms with Crippen LogP contribution in [0, 0.1) is 0 Å². The summed E-state index contributed by atoms with van der Waals surface area (Å²) in [6, 6.07) is 7.82. The van der Waals surface area contributed by atoms with Gasteiger partial charge in [-0.15, -0.1) is 11.3 Å². The highest BCUT2D eigenvalue weighted by molar-refractivity contribution is 7.98. The largest absolute Gasteiger partial charge is 0.431 e. The van der Waals surface area contributed by atoms with Crippen molar-refractivity contribution >= 4 is 39.3 Å². The molecule has 2 aromatic heterocycles. The van der Waals surface area contributed by atoms with E-state index in [1.807, 2.05) is 30.5 Å². The normalized spacial score (nSPS) is 11.1. The quantitative estimate of drug-likeness (QED) is 0.684. The van der Waals surface area contributed by atoms with E-state index in [1.54, 1.807) is 23.1 Å². The standard InChI is InChI=1S/C14H15N3OS2/c1-2-7-15-13-16-8-10(20-13)9-19-14-17-11-5-3-4-6-12(11)18-14/h3-6,8H,2,7,9H2,1H3,(H,15,16). The molecule has 0 aliphatic rings. The number of para-hydroxylation sites is 2. The second-order valence-corrected chi connectivity index (χ2v) is 6.34. The van der Waals surface area contributed by atoms with Crippen LogP contribution in [0.5, 0.6) is 0 Å². The van der Waals surface area contributed by atoms with Crippen molar-refractivity contribution < 1.29 is 4.42 Å². The molecule has 0 saturated carbocycles. The first kappa shape index (κ1) is 13.5. The molecule has 0 aliphatic carbocycles. The molecule has 20 heavy (non-hydrogen) atoms. The Hall–Kier alpha value is -1.53. The SMILES string of the molecule is CCCNc1ncc(CSc2nc3ccccc3o2)s1. The lowest BCUT2D eigenvalue weighted by atomic mass is 10.3. The summed E-state index contributed by atoms with van der Waals surface area (Å²) in [6.45, 7) is 3.11. The zero-order chi connectivity index (χ0) is 13.8. The third-order valence-electron chi connectivity index (χ3n) is 2.69. The number of nitrogens with zero attached hydrogens (tertiary/aromatic N) is 2. The number of thiazole rings is 1. The lowest BCUT2D eigenvalue weighted by Crippen LogP contribution is -1.97. The minimum atomic E-state index is 0.711. The van der Waals surface area contributed by atoms with Gasteiger partial charge in [0.25, 0.3) is 5.22 Å². The van der Waals surface area contributed by atoms with Crippen molar-refractivity contribution in [2.75, 3.05) is 11.9 Å². The molecule has 0 radical (unpaired) electrons. The highest BCUT2D eigenvalue weighted by Gasteiger charge is 2.07. The molecule has 104 valence electrons. The highest BCUT2D eigenvalue weighted by Crippen LogP contribution is 2.29. The van der Waals surface area contributed by atoms with E-state index >= 15 is 0 Å². The van der Waals surface area contributed by atoms with E-state index in [-0.39, 0.29) is 0 Å². The molecule has 1 N–H and O–H groups in total. The number of nitrogens with one attached hydrogen (secondary N) is 1. The fourth-order valence-corrected chi connectivity index (χ4v) is 3.43. The lowest BCUT2D eigenvalue weighted by molar-refractivity contribution is 0.489. The van der Waals surface area contributed by atoms with Crippen molar-refractivity contribution in [2.24, 2.45) is 0 Å². The predicted octanol–water partition coefficient (Wildman–Crippen LogP) is 4.40. The Bertz CT molecular complexity index is 659. The minimum Gasteiger partial charge on any atom is -0.431 e. The van der Waals surface area contributed by atoms with E-state index in [0.29, 0.717) is 5.22 Å². The summed E-state index contributed by atoms with van der Waals surface area (Å²) in [5.74, 6) is 0.832. The van der Waals surface area contributed by atoms with Gasteiger partial charge >= 0.3 is 0 Å². The van der Waals surface area contributed by atoms with Gasteiger partial charge in [0.15, 0.2) is 10.7 Å². The molecule has 0 unspecified atom stereocenters. The van der Waals surface area contributed by atoms with Crippen molar-refractivity contribution in [3.63, 3.8) is 0 Å². The summed E-state index contributed by atoms with van der Waals surface area (Å²) < 4.78 is 5.68. The summed E-state index contributed by atoms with van der Waals surface area (Å²) in [6.07, 6.45) is 3.02. The molecule has 3 aromatic rings. The maximum absolute atomic E-state index is 5.68. The molecule has 0 saturated heterocycles. The Kier molecular flexibility index (Phi) is 4.22. The second-order valence-electron chi connectivity index (χ2n) is 4.29. The fraction of sp³-hybridized carbons (Fsp3) is 0.286. The van der Waals surface area contributed by atoms with E-state index < -0.39 is 0 Å². The number of hydrogen-bond acceptors (Lipinski definition) is 6. The number of oxazole rings is 1. The second kappa shape index (κ2) is 6.28. The van der Waals surface area contributed by atoms with Gasteiger partial charge in [0.2, 0.25) is 0 Å². The van der Waals surface area contributed by atoms with Gasteiger partial charge in [-0.2, -0.15) is 0 Å². The van der Waals surface area contributed by atoms with Gasteiger partial charge in [0, 0.05) is 23.4 Å². The Balaban J connectivity index is 1.62. The van der Waals surface area contributed by atoms with Gasteiger partial charge in [0.1, 0.15) is 5.52 Å². The highest BCUT2D eigenvalue weighted by atomic mass is 32.2. The number of rotatable bonds is 6. The van der Waals surface area contributed by atoms with Gasteiger partial charge in [-0.3, -0.25) is 0 Å². The van der Waals surface area contributed by atoms with Crippen molar-refractivity contribution in [3.8, 4) is 0 Å². The Morgan fingerprint density at radius 3 is 3.10 bits per heavy atom. The first-order valence-electron chi connectivity index (χ1n) is 6.52. The van der Waals surface area contributed by atoms with E-state index in [2.05, 4.69) is 22.2 Å². The van der Waals surface area contributed by atoms with Gasteiger partial charge in [-0.25, -0.2) is 9.97 Å². The van der Waals surface area contributed by atoms with Crippen molar-refractivity contribution in [1.29, 1.82) is 0 Å². The number of aromatic nitrogens is 2. The van der Waals surface area contributed by atoms with Crippen LogP contribution in [0.4, 0.5) is 5.13 Å². The molecule has 4 nitrogen and oxygen atoms in total. The maximum atomic E-state index is 5.68. The molecule has 2 heterocycles. The van der Waals surface area contributed by atoms with Crippen molar-refractivity contribution in [2.45, 2.75) is 24.3 Å². The number of anilines is 1. The molecule has 0 amide bonds. The summed E-state index contributed by atoms with van der Waals surface area (Å²) in [4.78, 5) is 10.0. The first-order valence-corrected chi connectivity index (χ1v) is 8.32. The molecule has 3 rings (SSSR count). The zero-order valence-corrected chi connectivity index (χ0v) is 12.8. The fourth-order valence-electron chi connectivity index (χ4n) is 1.73. The van der Waals surface area contributed by atoms with E-state index in [4.69, 9.17) is 4.42 Å². The summed E-state index contributed by atoms with van der Waals surface area (Å²) >= 11 is 3.29. The smallest absolute Gasteiger partial charge is 0.257 e. The van der Waals surface area contributed by atoms with Crippen molar-refractivity contribution in [1.82, 2.24) is 9.97 Å². The molecular formula is C14H15N3OS2. The molecule has 0 aliphatic heterocycles. The van der Waals surface area contributed by atoms with Crippen molar-refractivity contribution in [3.05, 3.63) is 35.3 Å². The van der Waals surface area contributed by atoms with E-state index in [0.717, 1.165) is 34.9 Å². The van der Waals surface area contributed by atoms with Gasteiger partial charge < -0.3 is 9.73 Å². The average molecular weight is 305 g/mol. The monoisotopic (exact) mass is 305 g/mol. The van der Waals surface area contributed by atoms with Gasteiger partial charge in [-0.1, -0.05) is 30.8 Å². The van der Waals surface area contributed by atoms with E-state index in [9.17, 15) is 0 Å².